The van der Waals surface area contributed by atoms with Gasteiger partial charge in [0.2, 0.25) is 0 Å². The van der Waals surface area contributed by atoms with Crippen molar-refractivity contribution in [1.82, 2.24) is 0 Å². The molecule has 0 saturated carbocycles. The topological polar surface area (TPSA) is 0 Å². The van der Waals surface area contributed by atoms with Gasteiger partial charge in [0, 0.05) is 6.16 Å². The maximum Gasteiger partial charge on any atom is 3.00 e. The maximum atomic E-state index is 3.85. The monoisotopic (exact) mass is 331 g/mol. The quantitative estimate of drug-likeness (QED) is 0.324. The van der Waals surface area contributed by atoms with E-state index < -0.39 is 0 Å². The van der Waals surface area contributed by atoms with Crippen LogP contribution in [0, 0.1) is 21.8 Å². The minimum absolute atomic E-state index is 0. The van der Waals surface area contributed by atoms with E-state index >= 15 is 0 Å². The summed E-state index contributed by atoms with van der Waals surface area (Å²) in [5.41, 5.74) is 0. The van der Waals surface area contributed by atoms with Gasteiger partial charge in [0.05, 0.1) is 12.3 Å². The molecule has 0 saturated heterocycles. The fourth-order valence-corrected chi connectivity index (χ4v) is 3.67. The number of rotatable bonds is 4. The van der Waals surface area contributed by atoms with Crippen LogP contribution in [0.4, 0.5) is 0 Å². The van der Waals surface area contributed by atoms with Crippen LogP contribution in [0.1, 0.15) is 58.8 Å². The third-order valence-electron chi connectivity index (χ3n) is 3.19. The first-order valence-electron chi connectivity index (χ1n) is 7.12. The molecule has 0 radical (unpaired) electrons. The smallest absolute Gasteiger partial charge is 0.358 e. The van der Waals surface area contributed by atoms with Gasteiger partial charge in [-0.3, -0.25) is 0 Å². The summed E-state index contributed by atoms with van der Waals surface area (Å²) in [6.45, 7) is 8.44. The van der Waals surface area contributed by atoms with Crippen molar-refractivity contribution in [1.29, 1.82) is 0 Å². The van der Waals surface area contributed by atoms with Crippen molar-refractivity contribution in [3.8, 4) is 0 Å². The Hall–Kier alpha value is 0.676. The van der Waals surface area contributed by atoms with Crippen LogP contribution in [-0.4, -0.2) is 18.5 Å². The van der Waals surface area contributed by atoms with E-state index in [2.05, 4.69) is 32.9 Å². The molecule has 1 rings (SSSR count). The maximum absolute atomic E-state index is 3.85. The second-order valence-electron chi connectivity index (χ2n) is 4.52. The van der Waals surface area contributed by atoms with E-state index in [1.807, 2.05) is 0 Å². The van der Waals surface area contributed by atoms with Gasteiger partial charge >= 0.3 is 16.8 Å². The van der Waals surface area contributed by atoms with E-state index in [4.69, 9.17) is 0 Å². The van der Waals surface area contributed by atoms with Crippen LogP contribution in [0.2, 0.25) is 0 Å². The van der Waals surface area contributed by atoms with Crippen molar-refractivity contribution in [3.63, 3.8) is 0 Å². The first-order chi connectivity index (χ1) is 7.85. The largest absolute Gasteiger partial charge is 3.00 e. The minimum atomic E-state index is 0. The molecule has 0 unspecified atom stereocenters. The molecule has 0 nitrogen and oxygen atoms in total. The summed E-state index contributed by atoms with van der Waals surface area (Å²) in [6.07, 6.45) is 18.4. The molecule has 1 aliphatic carbocycles. The molecular formula is C17H37CoP+. The standard InChI is InChI=1S/C8H14.C7H16P.2CH3.Co/c1-2-4-6-8-7-5-3-1;1-4-7-8(5-2)6-3;;;/h1-2H,3-8H2;1,4-7H2,2-3H3;2*1H3;/q;3*-1;+3/p+1. The Kier molecular flexibility index (Phi) is 34.9. The summed E-state index contributed by atoms with van der Waals surface area (Å²) < 4.78 is 0. The SMILES string of the molecule is C1=CCCCCCC1.[CH2-]CC[PH+](CC)CC.[CH3-].[CH3-].[Co+3]. The molecule has 0 bridgehead atoms. The second-order valence-corrected chi connectivity index (χ2v) is 7.94. The molecule has 0 atom stereocenters. The molecular weight excluding hydrogens is 294 g/mol. The van der Waals surface area contributed by atoms with Gasteiger partial charge in [-0.2, -0.15) is 0 Å². The molecule has 0 amide bonds. The summed E-state index contributed by atoms with van der Waals surface area (Å²) in [6, 6.07) is 0. The van der Waals surface area contributed by atoms with Crippen molar-refractivity contribution in [2.24, 2.45) is 0 Å². The van der Waals surface area contributed by atoms with Gasteiger partial charge in [-0.25, -0.2) is 0 Å². The van der Waals surface area contributed by atoms with Gasteiger partial charge in [0.15, 0.2) is 0 Å². The van der Waals surface area contributed by atoms with E-state index in [-0.39, 0.29) is 39.6 Å². The number of allylic oxidation sites excluding steroid dienone is 2. The fourth-order valence-electron chi connectivity index (χ4n) is 1.97. The molecule has 19 heavy (non-hydrogen) atoms. The average molecular weight is 331 g/mol. The van der Waals surface area contributed by atoms with Crippen LogP contribution in [0.15, 0.2) is 12.2 Å². The summed E-state index contributed by atoms with van der Waals surface area (Å²) in [7, 11) is 0.0633. The Labute approximate surface area is 136 Å². The zero-order valence-electron chi connectivity index (χ0n) is 13.8. The number of hydrogen-bond donors (Lipinski definition) is 0. The zero-order valence-corrected chi connectivity index (χ0v) is 15.8. The van der Waals surface area contributed by atoms with E-state index in [9.17, 15) is 0 Å². The van der Waals surface area contributed by atoms with E-state index in [0.717, 1.165) is 6.42 Å². The Bertz CT molecular complexity index is 143. The predicted molar refractivity (Wildman–Crippen MR) is 93.9 cm³/mol. The van der Waals surface area contributed by atoms with Gasteiger partial charge in [0.1, 0.15) is 0 Å². The molecule has 0 aromatic rings. The summed E-state index contributed by atoms with van der Waals surface area (Å²) in [5.74, 6) is 0. The van der Waals surface area contributed by atoms with Gasteiger partial charge < -0.3 is 21.8 Å². The van der Waals surface area contributed by atoms with Crippen molar-refractivity contribution in [3.05, 3.63) is 33.9 Å². The van der Waals surface area contributed by atoms with Crippen molar-refractivity contribution < 1.29 is 16.8 Å². The third-order valence-corrected chi connectivity index (χ3v) is 6.25. The molecule has 1 aliphatic rings. The molecule has 118 valence electrons. The fraction of sp³-hybridized carbons (Fsp3) is 0.706. The van der Waals surface area contributed by atoms with Gasteiger partial charge in [-0.1, -0.05) is 25.0 Å². The van der Waals surface area contributed by atoms with Crippen LogP contribution in [0.25, 0.3) is 0 Å². The molecule has 0 heterocycles. The summed E-state index contributed by atoms with van der Waals surface area (Å²) >= 11 is 0. The van der Waals surface area contributed by atoms with Gasteiger partial charge in [0.25, 0.3) is 0 Å². The molecule has 0 fully saturated rings. The van der Waals surface area contributed by atoms with Gasteiger partial charge in [-0.15, -0.1) is 6.42 Å². The predicted octanol–water partition coefficient (Wildman–Crippen LogP) is 6.26. The van der Waals surface area contributed by atoms with Crippen LogP contribution >= 0.6 is 7.92 Å². The Morgan fingerprint density at radius 1 is 0.895 bits per heavy atom. The van der Waals surface area contributed by atoms with Crippen LogP contribution in [0.3, 0.4) is 0 Å². The molecule has 0 aromatic heterocycles. The van der Waals surface area contributed by atoms with Crippen LogP contribution < -0.4 is 0 Å². The Balaban J connectivity index is -0.000000102. The molecule has 0 aliphatic heterocycles. The van der Waals surface area contributed by atoms with Crippen molar-refractivity contribution in [2.75, 3.05) is 18.5 Å². The van der Waals surface area contributed by atoms with E-state index in [0.29, 0.717) is 0 Å². The molecule has 0 aromatic carbocycles. The van der Waals surface area contributed by atoms with E-state index in [1.165, 1.54) is 57.0 Å². The van der Waals surface area contributed by atoms with Crippen LogP contribution in [0.5, 0.6) is 0 Å². The molecule has 0 N–H and O–H groups in total. The minimum Gasteiger partial charge on any atom is -0.358 e. The third kappa shape index (κ3) is 21.1. The molecule has 2 heteroatoms. The zero-order chi connectivity index (χ0) is 12.1. The Morgan fingerprint density at radius 2 is 1.32 bits per heavy atom. The van der Waals surface area contributed by atoms with E-state index in [1.54, 1.807) is 0 Å². The van der Waals surface area contributed by atoms with Gasteiger partial charge in [-0.05, 0) is 47.5 Å². The van der Waals surface area contributed by atoms with Crippen LogP contribution in [-0.2, 0) is 16.8 Å². The number of hydrogen-bond acceptors (Lipinski definition) is 0. The normalized spacial score (nSPS) is 13.7. The first-order valence-corrected chi connectivity index (χ1v) is 9.25. The first kappa shape index (κ1) is 27.9. The van der Waals surface area contributed by atoms with Crippen molar-refractivity contribution >= 4 is 7.92 Å². The Morgan fingerprint density at radius 3 is 1.58 bits per heavy atom. The average Bonchev–Trinajstić information content (AvgIpc) is 2.26. The summed E-state index contributed by atoms with van der Waals surface area (Å²) in [4.78, 5) is 0. The summed E-state index contributed by atoms with van der Waals surface area (Å²) in [5, 5.41) is 0. The van der Waals surface area contributed by atoms with Crippen molar-refractivity contribution in [2.45, 2.75) is 58.8 Å². The molecule has 0 spiro atoms. The second kappa shape index (κ2) is 23.7.